The van der Waals surface area contributed by atoms with Crippen LogP contribution in [0.4, 0.5) is 0 Å². The van der Waals surface area contributed by atoms with E-state index in [-0.39, 0.29) is 11.8 Å². The zero-order chi connectivity index (χ0) is 20.4. The lowest BCUT2D eigenvalue weighted by atomic mass is 9.99. The largest absolute Gasteiger partial charge is 0.379 e. The highest BCUT2D eigenvalue weighted by Gasteiger charge is 2.41. The van der Waals surface area contributed by atoms with Crippen LogP contribution in [0, 0.1) is 13.8 Å². The maximum absolute atomic E-state index is 13.3. The van der Waals surface area contributed by atoms with Crippen LogP contribution in [0.5, 0.6) is 0 Å². The normalized spacial score (nSPS) is 21.0. The second-order valence-electron chi connectivity index (χ2n) is 8.29. The molecular formula is C23H31N3O3. The molecule has 6 nitrogen and oxygen atoms in total. The van der Waals surface area contributed by atoms with E-state index in [0.29, 0.717) is 17.8 Å². The topological polar surface area (TPSA) is 53.1 Å². The van der Waals surface area contributed by atoms with Gasteiger partial charge >= 0.3 is 0 Å². The van der Waals surface area contributed by atoms with Gasteiger partial charge in [0.1, 0.15) is 5.70 Å². The summed E-state index contributed by atoms with van der Waals surface area (Å²) in [4.78, 5) is 32.6. The molecule has 2 amide bonds. The monoisotopic (exact) mass is 397 g/mol. The fourth-order valence-corrected chi connectivity index (χ4v) is 4.43. The summed E-state index contributed by atoms with van der Waals surface area (Å²) in [6, 6.07) is 6.07. The smallest absolute Gasteiger partial charge is 0.277 e. The van der Waals surface area contributed by atoms with Crippen LogP contribution in [0.25, 0.3) is 5.57 Å². The van der Waals surface area contributed by atoms with Crippen molar-refractivity contribution in [3.63, 3.8) is 0 Å². The van der Waals surface area contributed by atoms with Crippen molar-refractivity contribution in [1.29, 1.82) is 0 Å². The zero-order valence-electron chi connectivity index (χ0n) is 17.6. The maximum Gasteiger partial charge on any atom is 0.277 e. The van der Waals surface area contributed by atoms with Crippen LogP contribution >= 0.6 is 0 Å². The highest BCUT2D eigenvalue weighted by Crippen LogP contribution is 2.34. The van der Waals surface area contributed by atoms with E-state index in [9.17, 15) is 9.59 Å². The number of imide groups is 1. The van der Waals surface area contributed by atoms with Crippen LogP contribution in [0.3, 0.4) is 0 Å². The molecule has 0 bridgehead atoms. The van der Waals surface area contributed by atoms with E-state index in [1.165, 1.54) is 10.5 Å². The summed E-state index contributed by atoms with van der Waals surface area (Å²) in [5.74, 6) is -0.255. The summed E-state index contributed by atoms with van der Waals surface area (Å²) >= 11 is 0. The maximum atomic E-state index is 13.3. The van der Waals surface area contributed by atoms with Gasteiger partial charge in [-0.1, -0.05) is 18.2 Å². The number of aryl methyl sites for hydroxylation is 2. The highest BCUT2D eigenvalue weighted by molar-refractivity contribution is 6.35. The molecule has 0 unspecified atom stereocenters. The molecule has 156 valence electrons. The van der Waals surface area contributed by atoms with Crippen molar-refractivity contribution < 1.29 is 14.3 Å². The van der Waals surface area contributed by atoms with Gasteiger partial charge in [-0.3, -0.25) is 19.4 Å². The average Bonchev–Trinajstić information content (AvgIpc) is 3.33. The first-order valence-corrected chi connectivity index (χ1v) is 10.8. The van der Waals surface area contributed by atoms with Gasteiger partial charge in [-0.15, -0.1) is 0 Å². The van der Waals surface area contributed by atoms with Gasteiger partial charge in [0, 0.05) is 39.3 Å². The molecule has 29 heavy (non-hydrogen) atoms. The van der Waals surface area contributed by atoms with Gasteiger partial charge in [0.2, 0.25) is 0 Å². The average molecular weight is 398 g/mol. The first-order chi connectivity index (χ1) is 14.1. The van der Waals surface area contributed by atoms with Crippen molar-refractivity contribution >= 4 is 17.4 Å². The molecule has 6 heteroatoms. The molecular weight excluding hydrogens is 366 g/mol. The van der Waals surface area contributed by atoms with Crippen molar-refractivity contribution in [3.05, 3.63) is 40.6 Å². The van der Waals surface area contributed by atoms with Crippen molar-refractivity contribution in [2.75, 3.05) is 52.5 Å². The van der Waals surface area contributed by atoms with E-state index < -0.39 is 0 Å². The molecule has 2 fully saturated rings. The summed E-state index contributed by atoms with van der Waals surface area (Å²) in [6.07, 6.45) is 2.94. The summed E-state index contributed by atoms with van der Waals surface area (Å²) in [6.45, 7) is 10.6. The Bertz CT molecular complexity index is 821. The third-order valence-corrected chi connectivity index (χ3v) is 6.32. The van der Waals surface area contributed by atoms with E-state index in [0.717, 1.165) is 76.3 Å². The van der Waals surface area contributed by atoms with E-state index >= 15 is 0 Å². The molecule has 0 aromatic heterocycles. The number of carbonyl (C=O) groups is 2. The standard InChI is InChI=1S/C23H31N3O3/c1-17-6-7-19(16-18(17)2)20-21(25-9-3-4-10-25)23(28)26(22(20)27)11-5-8-24-12-14-29-15-13-24/h6-7,16H,3-5,8-15H2,1-2H3. The number of hydrogen-bond acceptors (Lipinski definition) is 5. The van der Waals surface area contributed by atoms with Crippen molar-refractivity contribution in [2.45, 2.75) is 33.1 Å². The Morgan fingerprint density at radius 1 is 0.897 bits per heavy atom. The van der Waals surface area contributed by atoms with Gasteiger partial charge in [0.05, 0.1) is 18.8 Å². The van der Waals surface area contributed by atoms with Crippen LogP contribution in [0.15, 0.2) is 23.9 Å². The summed E-state index contributed by atoms with van der Waals surface area (Å²) in [7, 11) is 0. The molecule has 0 radical (unpaired) electrons. The van der Waals surface area contributed by atoms with Crippen molar-refractivity contribution in [1.82, 2.24) is 14.7 Å². The number of amides is 2. The number of benzene rings is 1. The molecule has 0 atom stereocenters. The minimum absolute atomic E-state index is 0.118. The van der Waals surface area contributed by atoms with Gasteiger partial charge in [-0.2, -0.15) is 0 Å². The Morgan fingerprint density at radius 3 is 2.31 bits per heavy atom. The number of morpholine rings is 1. The third-order valence-electron chi connectivity index (χ3n) is 6.32. The fourth-order valence-electron chi connectivity index (χ4n) is 4.43. The molecule has 3 aliphatic heterocycles. The summed E-state index contributed by atoms with van der Waals surface area (Å²) in [5.41, 5.74) is 4.40. The van der Waals surface area contributed by atoms with Crippen LogP contribution in [0.1, 0.15) is 36.0 Å². The first kappa shape index (κ1) is 20.1. The van der Waals surface area contributed by atoms with Gasteiger partial charge < -0.3 is 9.64 Å². The SMILES string of the molecule is Cc1ccc(C2=C(N3CCCC3)C(=O)N(CCCN3CCOCC3)C2=O)cc1C. The number of carbonyl (C=O) groups excluding carboxylic acids is 2. The molecule has 0 N–H and O–H groups in total. The molecule has 1 aromatic carbocycles. The molecule has 0 aliphatic carbocycles. The molecule has 1 aromatic rings. The van der Waals surface area contributed by atoms with Crippen LogP contribution < -0.4 is 0 Å². The molecule has 2 saturated heterocycles. The number of ether oxygens (including phenoxy) is 1. The number of nitrogens with zero attached hydrogens (tertiary/aromatic N) is 3. The lowest BCUT2D eigenvalue weighted by molar-refractivity contribution is -0.137. The minimum atomic E-state index is -0.137. The second kappa shape index (κ2) is 8.67. The van der Waals surface area contributed by atoms with E-state index in [4.69, 9.17) is 4.74 Å². The van der Waals surface area contributed by atoms with Crippen LogP contribution in [0.2, 0.25) is 0 Å². The quantitative estimate of drug-likeness (QED) is 0.689. The van der Waals surface area contributed by atoms with Crippen molar-refractivity contribution in [3.8, 4) is 0 Å². The fraction of sp³-hybridized carbons (Fsp3) is 0.565. The Morgan fingerprint density at radius 2 is 1.62 bits per heavy atom. The van der Waals surface area contributed by atoms with Gasteiger partial charge in [-0.05, 0) is 49.8 Å². The first-order valence-electron chi connectivity index (χ1n) is 10.8. The lowest BCUT2D eigenvalue weighted by Gasteiger charge is -2.27. The Balaban J connectivity index is 1.55. The molecule has 0 spiro atoms. The van der Waals surface area contributed by atoms with E-state index in [1.807, 2.05) is 18.2 Å². The van der Waals surface area contributed by atoms with Gasteiger partial charge in [-0.25, -0.2) is 0 Å². The van der Waals surface area contributed by atoms with E-state index in [1.54, 1.807) is 0 Å². The Labute approximate surface area is 173 Å². The number of hydrogen-bond donors (Lipinski definition) is 0. The lowest BCUT2D eigenvalue weighted by Crippen LogP contribution is -2.40. The summed E-state index contributed by atoms with van der Waals surface area (Å²) in [5, 5.41) is 0. The molecule has 3 heterocycles. The summed E-state index contributed by atoms with van der Waals surface area (Å²) < 4.78 is 5.39. The third kappa shape index (κ3) is 4.09. The number of likely N-dealkylation sites (tertiary alicyclic amines) is 1. The highest BCUT2D eigenvalue weighted by atomic mass is 16.5. The van der Waals surface area contributed by atoms with Gasteiger partial charge in [0.25, 0.3) is 11.8 Å². The molecule has 3 aliphatic rings. The van der Waals surface area contributed by atoms with Crippen LogP contribution in [-0.4, -0.2) is 79.0 Å². The zero-order valence-corrected chi connectivity index (χ0v) is 17.6. The number of rotatable bonds is 6. The Kier molecular flexibility index (Phi) is 6.01. The predicted molar refractivity (Wildman–Crippen MR) is 112 cm³/mol. The second-order valence-corrected chi connectivity index (χ2v) is 8.29. The van der Waals surface area contributed by atoms with Crippen LogP contribution in [-0.2, 0) is 14.3 Å². The van der Waals surface area contributed by atoms with Crippen molar-refractivity contribution in [2.24, 2.45) is 0 Å². The predicted octanol–water partition coefficient (Wildman–Crippen LogP) is 2.20. The Hall–Kier alpha value is -2.18. The molecule has 4 rings (SSSR count). The molecule has 0 saturated carbocycles. The van der Waals surface area contributed by atoms with Gasteiger partial charge in [0.15, 0.2) is 0 Å². The minimum Gasteiger partial charge on any atom is -0.379 e. The van der Waals surface area contributed by atoms with E-state index in [2.05, 4.69) is 23.6 Å².